The lowest BCUT2D eigenvalue weighted by Gasteiger charge is -2.06. The number of anilines is 1. The molecule has 10 heteroatoms. The molecule has 0 radical (unpaired) electrons. The fourth-order valence-corrected chi connectivity index (χ4v) is 1.93. The number of nitro benzene ring substituents is 1. The lowest BCUT2D eigenvalue weighted by atomic mass is 10.1. The van der Waals surface area contributed by atoms with Gasteiger partial charge in [-0.3, -0.25) is 24.7 Å². The predicted molar refractivity (Wildman–Crippen MR) is 74.7 cm³/mol. The maximum absolute atomic E-state index is 12.2. The van der Waals surface area contributed by atoms with Crippen molar-refractivity contribution in [2.75, 3.05) is 5.32 Å². The van der Waals surface area contributed by atoms with Gasteiger partial charge in [-0.05, 0) is 6.07 Å². The molecule has 0 bridgehead atoms. The molecule has 0 atom stereocenters. The van der Waals surface area contributed by atoms with Crippen LogP contribution in [0.2, 0.25) is 0 Å². The van der Waals surface area contributed by atoms with Crippen LogP contribution in [-0.2, 0) is 0 Å². The quantitative estimate of drug-likeness (QED) is 0.536. The van der Waals surface area contributed by atoms with E-state index in [9.17, 15) is 19.7 Å². The van der Waals surface area contributed by atoms with E-state index in [0.29, 0.717) is 0 Å². The molecule has 2 N–H and O–H groups in total. The monoisotopic (exact) mass is 300 g/mol. The highest BCUT2D eigenvalue weighted by Gasteiger charge is 2.20. The number of aromatic amines is 1. The van der Waals surface area contributed by atoms with E-state index in [1.165, 1.54) is 35.1 Å². The molecule has 1 aromatic carbocycles. The average molecular weight is 300 g/mol. The van der Waals surface area contributed by atoms with Gasteiger partial charge in [-0.15, -0.1) is 0 Å². The van der Waals surface area contributed by atoms with Gasteiger partial charge in [0.05, 0.1) is 4.92 Å². The van der Waals surface area contributed by atoms with Crippen LogP contribution in [0.3, 0.4) is 0 Å². The van der Waals surface area contributed by atoms with Crippen LogP contribution in [0.15, 0.2) is 41.5 Å². The Morgan fingerprint density at radius 3 is 2.91 bits per heavy atom. The largest absolute Gasteiger partial charge is 0.306 e. The van der Waals surface area contributed by atoms with Crippen molar-refractivity contribution in [3.63, 3.8) is 0 Å². The van der Waals surface area contributed by atoms with Gasteiger partial charge in [-0.2, -0.15) is 14.6 Å². The zero-order valence-corrected chi connectivity index (χ0v) is 10.9. The van der Waals surface area contributed by atoms with Gasteiger partial charge < -0.3 is 5.32 Å². The number of hydrogen-bond donors (Lipinski definition) is 2. The minimum absolute atomic E-state index is 0.0550. The number of para-hydroxylation sites is 1. The molecule has 0 unspecified atom stereocenters. The third-order valence-electron chi connectivity index (χ3n) is 2.87. The summed E-state index contributed by atoms with van der Waals surface area (Å²) < 4.78 is 1.20. The van der Waals surface area contributed by atoms with Crippen molar-refractivity contribution in [1.82, 2.24) is 19.6 Å². The molecular formula is C12H8N6O4. The number of nitrogens with zero attached hydrogens (tertiary/aromatic N) is 4. The highest BCUT2D eigenvalue weighted by atomic mass is 16.6. The van der Waals surface area contributed by atoms with Crippen molar-refractivity contribution >= 4 is 23.2 Å². The van der Waals surface area contributed by atoms with Crippen molar-refractivity contribution in [2.45, 2.75) is 0 Å². The Labute approximate surface area is 121 Å². The van der Waals surface area contributed by atoms with Gasteiger partial charge in [0.2, 0.25) is 5.78 Å². The van der Waals surface area contributed by atoms with E-state index in [1.54, 1.807) is 0 Å². The van der Waals surface area contributed by atoms with Crippen LogP contribution < -0.4 is 10.9 Å². The van der Waals surface area contributed by atoms with Crippen LogP contribution in [0.4, 0.5) is 11.5 Å². The molecule has 2 heterocycles. The van der Waals surface area contributed by atoms with Crippen molar-refractivity contribution < 1.29 is 9.72 Å². The third kappa shape index (κ3) is 2.28. The maximum atomic E-state index is 12.2. The van der Waals surface area contributed by atoms with Gasteiger partial charge in [-0.25, -0.2) is 0 Å². The number of amides is 1. The summed E-state index contributed by atoms with van der Waals surface area (Å²) in [5, 5.41) is 17.2. The second kappa shape index (κ2) is 5.09. The summed E-state index contributed by atoms with van der Waals surface area (Å²) in [6, 6.07) is 6.60. The van der Waals surface area contributed by atoms with Gasteiger partial charge in [0.15, 0.2) is 0 Å². The number of nitro groups is 1. The molecular weight excluding hydrogens is 292 g/mol. The van der Waals surface area contributed by atoms with Gasteiger partial charge in [0.25, 0.3) is 17.2 Å². The van der Waals surface area contributed by atoms with Gasteiger partial charge in [0, 0.05) is 12.1 Å². The summed E-state index contributed by atoms with van der Waals surface area (Å²) in [6.45, 7) is 0. The molecule has 0 spiro atoms. The topological polar surface area (TPSA) is 135 Å². The Balaban J connectivity index is 2.02. The van der Waals surface area contributed by atoms with Gasteiger partial charge in [-0.1, -0.05) is 12.1 Å². The van der Waals surface area contributed by atoms with Crippen molar-refractivity contribution in [3.05, 3.63) is 62.7 Å². The molecule has 0 aliphatic heterocycles. The lowest BCUT2D eigenvalue weighted by Crippen LogP contribution is -2.19. The van der Waals surface area contributed by atoms with Crippen LogP contribution in [0.1, 0.15) is 10.4 Å². The highest BCUT2D eigenvalue weighted by Crippen LogP contribution is 2.19. The van der Waals surface area contributed by atoms with Gasteiger partial charge in [0.1, 0.15) is 17.7 Å². The van der Waals surface area contributed by atoms with Gasteiger partial charge >= 0.3 is 0 Å². The fourth-order valence-electron chi connectivity index (χ4n) is 1.93. The van der Waals surface area contributed by atoms with Crippen LogP contribution >= 0.6 is 0 Å². The molecule has 22 heavy (non-hydrogen) atoms. The molecule has 3 rings (SSSR count). The standard InChI is InChI=1S/C12H8N6O4/c19-10-5-9(17-12(16-10)13-6-14-17)15-11(20)7-3-1-2-4-8(7)18(21)22/h1-6H,(H,15,20)(H,13,14,16,19). The van der Waals surface area contributed by atoms with Crippen LogP contribution in [-0.4, -0.2) is 30.4 Å². The molecule has 110 valence electrons. The number of rotatable bonds is 3. The van der Waals surface area contributed by atoms with E-state index in [2.05, 4.69) is 20.4 Å². The number of benzene rings is 1. The molecule has 0 saturated heterocycles. The number of carbonyl (C=O) groups is 1. The van der Waals surface area contributed by atoms with E-state index in [1.807, 2.05) is 0 Å². The molecule has 0 saturated carbocycles. The fraction of sp³-hybridized carbons (Fsp3) is 0. The number of H-pyrrole nitrogens is 1. The summed E-state index contributed by atoms with van der Waals surface area (Å²) in [5.74, 6) is -0.528. The first-order valence-electron chi connectivity index (χ1n) is 6.04. The third-order valence-corrected chi connectivity index (χ3v) is 2.87. The molecule has 1 amide bonds. The van der Waals surface area contributed by atoms with E-state index < -0.39 is 16.4 Å². The van der Waals surface area contributed by atoms with E-state index in [4.69, 9.17) is 0 Å². The first kappa shape index (κ1) is 13.4. The zero-order valence-electron chi connectivity index (χ0n) is 10.9. The maximum Gasteiger partial charge on any atom is 0.282 e. The van der Waals surface area contributed by atoms with Crippen molar-refractivity contribution in [3.8, 4) is 0 Å². The van der Waals surface area contributed by atoms with Crippen molar-refractivity contribution in [2.24, 2.45) is 0 Å². The molecule has 0 aliphatic rings. The molecule has 2 aromatic heterocycles. The predicted octanol–water partition coefficient (Wildman–Crippen LogP) is 0.578. The lowest BCUT2D eigenvalue weighted by molar-refractivity contribution is -0.385. The van der Waals surface area contributed by atoms with E-state index in [-0.39, 0.29) is 22.8 Å². The molecule has 0 aliphatic carbocycles. The summed E-state index contributed by atoms with van der Waals surface area (Å²) in [5.41, 5.74) is -0.945. The Hall–Kier alpha value is -3.56. The minimum atomic E-state index is -0.727. The molecule has 0 fully saturated rings. The number of nitrogens with one attached hydrogen (secondary N) is 2. The number of carbonyl (C=O) groups excluding carboxylic acids is 1. The normalized spacial score (nSPS) is 10.5. The summed E-state index contributed by atoms with van der Waals surface area (Å²) in [6.07, 6.45) is 1.20. The summed E-state index contributed by atoms with van der Waals surface area (Å²) in [4.78, 5) is 40.2. The van der Waals surface area contributed by atoms with Crippen LogP contribution in [0, 0.1) is 10.1 Å². The molecule has 3 aromatic rings. The number of fused-ring (bicyclic) bond motifs is 1. The van der Waals surface area contributed by atoms with Crippen LogP contribution in [0.25, 0.3) is 5.78 Å². The number of aromatic nitrogens is 4. The second-order valence-corrected chi connectivity index (χ2v) is 4.24. The summed E-state index contributed by atoms with van der Waals surface area (Å²) >= 11 is 0. The minimum Gasteiger partial charge on any atom is -0.306 e. The zero-order chi connectivity index (χ0) is 15.7. The summed E-state index contributed by atoms with van der Waals surface area (Å²) in [7, 11) is 0. The highest BCUT2D eigenvalue weighted by molar-refractivity contribution is 6.06. The second-order valence-electron chi connectivity index (χ2n) is 4.24. The van der Waals surface area contributed by atoms with Crippen LogP contribution in [0.5, 0.6) is 0 Å². The SMILES string of the molecule is O=C(Nc1cc(=O)[nH]c2ncnn12)c1ccccc1[N+](=O)[O-]. The van der Waals surface area contributed by atoms with E-state index >= 15 is 0 Å². The Morgan fingerprint density at radius 2 is 2.14 bits per heavy atom. The average Bonchev–Trinajstić information content (AvgIpc) is 2.95. The Kier molecular flexibility index (Phi) is 3.10. The number of hydrogen-bond acceptors (Lipinski definition) is 6. The Bertz CT molecular complexity index is 944. The molecule has 10 nitrogen and oxygen atoms in total. The smallest absolute Gasteiger partial charge is 0.282 e. The Morgan fingerprint density at radius 1 is 1.36 bits per heavy atom. The van der Waals surface area contributed by atoms with E-state index in [0.717, 1.165) is 6.07 Å². The first-order valence-corrected chi connectivity index (χ1v) is 6.04. The van der Waals surface area contributed by atoms with Crippen molar-refractivity contribution in [1.29, 1.82) is 0 Å². The first-order chi connectivity index (χ1) is 10.6.